The van der Waals surface area contributed by atoms with Crippen molar-refractivity contribution < 1.29 is 0 Å². The molecule has 2 heterocycles. The number of hydrogen-bond donors (Lipinski definition) is 1. The predicted octanol–water partition coefficient (Wildman–Crippen LogP) is 3.44. The third kappa shape index (κ3) is 2.61. The first kappa shape index (κ1) is 11.1. The molecule has 0 aliphatic rings. The molecule has 2 rings (SSSR count). The summed E-state index contributed by atoms with van der Waals surface area (Å²) in [7, 11) is 0. The summed E-state index contributed by atoms with van der Waals surface area (Å²) in [5, 5.41) is 0. The van der Waals surface area contributed by atoms with Crippen LogP contribution in [0, 0.1) is 0 Å². The van der Waals surface area contributed by atoms with Crippen molar-refractivity contribution in [1.82, 2.24) is 4.98 Å². The van der Waals surface area contributed by atoms with Crippen LogP contribution in [0.3, 0.4) is 0 Å². The monoisotopic (exact) mass is 232 g/mol. The molecule has 0 atom stereocenters. The van der Waals surface area contributed by atoms with Crippen LogP contribution in [0.15, 0.2) is 30.5 Å². The van der Waals surface area contributed by atoms with E-state index in [0.717, 1.165) is 6.42 Å². The predicted molar refractivity (Wildman–Crippen MR) is 69.9 cm³/mol. The normalized spacial score (nSPS) is 10.9. The van der Waals surface area contributed by atoms with Gasteiger partial charge in [0.1, 0.15) is 5.82 Å². The van der Waals surface area contributed by atoms with E-state index >= 15 is 0 Å². The molecule has 2 nitrogen and oxygen atoms in total. The van der Waals surface area contributed by atoms with Gasteiger partial charge in [0.05, 0.1) is 0 Å². The van der Waals surface area contributed by atoms with Crippen molar-refractivity contribution in [3.05, 3.63) is 45.8 Å². The van der Waals surface area contributed by atoms with Crippen LogP contribution >= 0.6 is 11.3 Å². The Hall–Kier alpha value is -1.35. The highest BCUT2D eigenvalue weighted by atomic mass is 32.1. The van der Waals surface area contributed by atoms with E-state index in [-0.39, 0.29) is 0 Å². The molecule has 3 heteroatoms. The number of nitrogens with zero attached hydrogens (tertiary/aromatic N) is 1. The zero-order chi connectivity index (χ0) is 11.5. The van der Waals surface area contributed by atoms with Crippen molar-refractivity contribution in [3.8, 4) is 0 Å². The van der Waals surface area contributed by atoms with Crippen molar-refractivity contribution in [2.24, 2.45) is 0 Å². The lowest BCUT2D eigenvalue weighted by Crippen LogP contribution is -1.91. The molecule has 0 saturated carbocycles. The van der Waals surface area contributed by atoms with Gasteiger partial charge in [-0.1, -0.05) is 19.9 Å². The van der Waals surface area contributed by atoms with Crippen LogP contribution in [0.1, 0.15) is 35.1 Å². The van der Waals surface area contributed by atoms with Gasteiger partial charge in [0.2, 0.25) is 0 Å². The van der Waals surface area contributed by atoms with Crippen LogP contribution in [0.5, 0.6) is 0 Å². The number of anilines is 1. The Kier molecular flexibility index (Phi) is 3.25. The maximum Gasteiger partial charge on any atom is 0.123 e. The van der Waals surface area contributed by atoms with Gasteiger partial charge in [-0.15, -0.1) is 11.3 Å². The third-order valence-corrected chi connectivity index (χ3v) is 3.86. The molecule has 2 aromatic heterocycles. The summed E-state index contributed by atoms with van der Waals surface area (Å²) in [6, 6.07) is 8.31. The van der Waals surface area contributed by atoms with Crippen LogP contribution in [0.25, 0.3) is 0 Å². The van der Waals surface area contributed by atoms with Gasteiger partial charge >= 0.3 is 0 Å². The average Bonchev–Trinajstić information content (AvgIpc) is 2.70. The van der Waals surface area contributed by atoms with Crippen LogP contribution in [-0.4, -0.2) is 4.98 Å². The van der Waals surface area contributed by atoms with Gasteiger partial charge in [-0.25, -0.2) is 4.98 Å². The summed E-state index contributed by atoms with van der Waals surface area (Å²) in [5.41, 5.74) is 6.77. The Morgan fingerprint density at radius 2 is 2.06 bits per heavy atom. The highest BCUT2D eigenvalue weighted by Crippen LogP contribution is 2.25. The first-order valence-electron chi connectivity index (χ1n) is 5.44. The van der Waals surface area contributed by atoms with E-state index in [1.807, 2.05) is 29.7 Å². The van der Waals surface area contributed by atoms with Crippen molar-refractivity contribution in [3.63, 3.8) is 0 Å². The van der Waals surface area contributed by atoms with E-state index in [1.165, 1.54) is 15.3 Å². The Labute approximate surface area is 100 Å². The fourth-order valence-corrected chi connectivity index (χ4v) is 2.59. The maximum absolute atomic E-state index is 5.56. The zero-order valence-corrected chi connectivity index (χ0v) is 10.4. The van der Waals surface area contributed by atoms with Crippen molar-refractivity contribution in [1.29, 1.82) is 0 Å². The highest BCUT2D eigenvalue weighted by Gasteiger charge is 2.04. The maximum atomic E-state index is 5.56. The Balaban J connectivity index is 2.11. The lowest BCUT2D eigenvalue weighted by Gasteiger charge is -2.00. The smallest absolute Gasteiger partial charge is 0.123 e. The molecule has 2 aromatic rings. The summed E-state index contributed by atoms with van der Waals surface area (Å²) >= 11 is 1.88. The number of pyridine rings is 1. The SMILES string of the molecule is CC(C)c1ccc(Cc2ccc(N)nc2)s1. The largest absolute Gasteiger partial charge is 0.384 e. The second-order valence-corrected chi connectivity index (χ2v) is 5.43. The molecule has 0 unspecified atom stereocenters. The van der Waals surface area contributed by atoms with E-state index in [1.54, 1.807) is 0 Å². The van der Waals surface area contributed by atoms with E-state index in [0.29, 0.717) is 11.7 Å². The standard InChI is InChI=1S/C13H16N2S/c1-9(2)12-5-4-11(16-12)7-10-3-6-13(14)15-8-10/h3-6,8-9H,7H2,1-2H3,(H2,14,15). The molecule has 0 spiro atoms. The summed E-state index contributed by atoms with van der Waals surface area (Å²) in [6.07, 6.45) is 2.80. The van der Waals surface area contributed by atoms with Crippen LogP contribution in [0.4, 0.5) is 5.82 Å². The molecule has 0 amide bonds. The summed E-state index contributed by atoms with van der Waals surface area (Å²) in [6.45, 7) is 4.45. The van der Waals surface area contributed by atoms with Gasteiger partial charge in [-0.05, 0) is 29.7 Å². The molecule has 0 aliphatic carbocycles. The third-order valence-electron chi connectivity index (χ3n) is 2.48. The van der Waals surface area contributed by atoms with E-state index in [4.69, 9.17) is 5.73 Å². The Bertz CT molecular complexity index is 457. The Morgan fingerprint density at radius 3 is 2.62 bits per heavy atom. The quantitative estimate of drug-likeness (QED) is 0.880. The number of aromatic nitrogens is 1. The minimum absolute atomic E-state index is 0.581. The van der Waals surface area contributed by atoms with E-state index in [2.05, 4.69) is 31.0 Å². The second kappa shape index (κ2) is 4.66. The first-order valence-corrected chi connectivity index (χ1v) is 6.26. The summed E-state index contributed by atoms with van der Waals surface area (Å²) < 4.78 is 0. The first-order chi connectivity index (χ1) is 7.65. The summed E-state index contributed by atoms with van der Waals surface area (Å²) in [5.74, 6) is 1.20. The molecule has 84 valence electrons. The number of hydrogen-bond acceptors (Lipinski definition) is 3. The molecule has 0 fully saturated rings. The van der Waals surface area contributed by atoms with Crippen molar-refractivity contribution in [2.75, 3.05) is 5.73 Å². The zero-order valence-electron chi connectivity index (χ0n) is 9.60. The van der Waals surface area contributed by atoms with Crippen molar-refractivity contribution >= 4 is 17.2 Å². The summed E-state index contributed by atoms with van der Waals surface area (Å²) in [4.78, 5) is 6.93. The van der Waals surface area contributed by atoms with Crippen LogP contribution in [0.2, 0.25) is 0 Å². The highest BCUT2D eigenvalue weighted by molar-refractivity contribution is 7.12. The number of rotatable bonds is 3. The molecule has 16 heavy (non-hydrogen) atoms. The van der Waals surface area contributed by atoms with E-state index in [9.17, 15) is 0 Å². The fraction of sp³-hybridized carbons (Fsp3) is 0.308. The number of nitrogens with two attached hydrogens (primary N) is 1. The van der Waals surface area contributed by atoms with Crippen molar-refractivity contribution in [2.45, 2.75) is 26.2 Å². The molecule has 0 aliphatic heterocycles. The minimum Gasteiger partial charge on any atom is -0.384 e. The Morgan fingerprint density at radius 1 is 1.25 bits per heavy atom. The van der Waals surface area contributed by atoms with Gasteiger partial charge in [0.25, 0.3) is 0 Å². The molecular weight excluding hydrogens is 216 g/mol. The second-order valence-electron chi connectivity index (χ2n) is 4.23. The minimum atomic E-state index is 0.581. The van der Waals surface area contributed by atoms with E-state index < -0.39 is 0 Å². The van der Waals surface area contributed by atoms with Gasteiger partial charge in [-0.3, -0.25) is 0 Å². The molecular formula is C13H16N2S. The van der Waals surface area contributed by atoms with Gasteiger partial charge < -0.3 is 5.73 Å². The average molecular weight is 232 g/mol. The van der Waals surface area contributed by atoms with Gasteiger partial charge in [-0.2, -0.15) is 0 Å². The lowest BCUT2D eigenvalue weighted by molar-refractivity contribution is 0.890. The molecule has 0 bridgehead atoms. The molecule has 2 N–H and O–H groups in total. The van der Waals surface area contributed by atoms with Crippen LogP contribution < -0.4 is 5.73 Å². The van der Waals surface area contributed by atoms with Gasteiger partial charge in [0, 0.05) is 22.4 Å². The fourth-order valence-electron chi connectivity index (χ4n) is 1.54. The van der Waals surface area contributed by atoms with Gasteiger partial charge in [0.15, 0.2) is 0 Å². The molecule has 0 aromatic carbocycles. The molecule has 0 radical (unpaired) electrons. The topological polar surface area (TPSA) is 38.9 Å². The number of nitrogen functional groups attached to an aromatic ring is 1. The lowest BCUT2D eigenvalue weighted by atomic mass is 10.1. The molecule has 0 saturated heterocycles. The van der Waals surface area contributed by atoms with Crippen LogP contribution in [-0.2, 0) is 6.42 Å². The number of thiophene rings is 1.